The van der Waals surface area contributed by atoms with Crippen molar-refractivity contribution < 1.29 is 13.9 Å². The molecule has 1 unspecified atom stereocenters. The fraction of sp³-hybridized carbons (Fsp3) is 0.400. The van der Waals surface area contributed by atoms with E-state index in [1.165, 1.54) is 0 Å². The number of hydrogen-bond acceptors (Lipinski definition) is 4. The van der Waals surface area contributed by atoms with Gasteiger partial charge in [0.05, 0.1) is 0 Å². The summed E-state index contributed by atoms with van der Waals surface area (Å²) in [6.45, 7) is 5.45. The van der Waals surface area contributed by atoms with Crippen LogP contribution in [-0.2, 0) is 16.0 Å². The van der Waals surface area contributed by atoms with Gasteiger partial charge in [-0.1, -0.05) is 15.9 Å². The van der Waals surface area contributed by atoms with Gasteiger partial charge in [0.15, 0.2) is 0 Å². The number of carbonyl (C=O) groups excluding carboxylic acids is 1. The predicted molar refractivity (Wildman–Crippen MR) is 81.4 cm³/mol. The van der Waals surface area contributed by atoms with E-state index in [-0.39, 0.29) is 0 Å². The molecule has 0 amide bonds. The minimum atomic E-state index is -0.724. The Labute approximate surface area is 126 Å². The van der Waals surface area contributed by atoms with Crippen LogP contribution in [0.25, 0.3) is 11.0 Å². The summed E-state index contributed by atoms with van der Waals surface area (Å²) in [5, 5.41) is 0.978. The molecule has 0 aliphatic carbocycles. The van der Waals surface area contributed by atoms with Gasteiger partial charge in [-0.05, 0) is 45.0 Å². The van der Waals surface area contributed by atoms with Crippen LogP contribution in [0.1, 0.15) is 26.5 Å². The van der Waals surface area contributed by atoms with Crippen LogP contribution in [0.4, 0.5) is 0 Å². The molecule has 108 valence electrons. The van der Waals surface area contributed by atoms with Crippen molar-refractivity contribution >= 4 is 32.9 Å². The normalized spacial score (nSPS) is 13.4. The molecule has 2 N–H and O–H groups in total. The van der Waals surface area contributed by atoms with Crippen molar-refractivity contribution in [3.8, 4) is 0 Å². The van der Waals surface area contributed by atoms with Gasteiger partial charge in [0.2, 0.25) is 0 Å². The number of rotatable bonds is 3. The zero-order valence-electron chi connectivity index (χ0n) is 11.8. The fourth-order valence-corrected chi connectivity index (χ4v) is 2.23. The second kappa shape index (κ2) is 5.58. The molecule has 0 spiro atoms. The molecule has 20 heavy (non-hydrogen) atoms. The van der Waals surface area contributed by atoms with E-state index in [4.69, 9.17) is 14.9 Å². The zero-order chi connectivity index (χ0) is 14.9. The van der Waals surface area contributed by atoms with Gasteiger partial charge in [0.25, 0.3) is 0 Å². The van der Waals surface area contributed by atoms with E-state index >= 15 is 0 Å². The molecule has 1 aromatic carbocycles. The lowest BCUT2D eigenvalue weighted by molar-refractivity contribution is -0.156. The van der Waals surface area contributed by atoms with E-state index in [0.717, 1.165) is 15.4 Å². The highest BCUT2D eigenvalue weighted by Crippen LogP contribution is 2.24. The number of carbonyl (C=O) groups is 1. The third-order valence-corrected chi connectivity index (χ3v) is 3.15. The van der Waals surface area contributed by atoms with Gasteiger partial charge in [0, 0.05) is 16.3 Å². The molecule has 0 fully saturated rings. The Morgan fingerprint density at radius 2 is 2.10 bits per heavy atom. The zero-order valence-corrected chi connectivity index (χ0v) is 13.4. The second-order valence-corrected chi connectivity index (χ2v) is 6.65. The maximum absolute atomic E-state index is 11.8. The third-order valence-electron chi connectivity index (χ3n) is 2.66. The van der Waals surface area contributed by atoms with Gasteiger partial charge < -0.3 is 14.9 Å². The Morgan fingerprint density at radius 1 is 1.40 bits per heavy atom. The number of benzene rings is 1. The van der Waals surface area contributed by atoms with Crippen LogP contribution in [-0.4, -0.2) is 17.6 Å². The Hall–Kier alpha value is -1.33. The summed E-state index contributed by atoms with van der Waals surface area (Å²) < 4.78 is 11.9. The summed E-state index contributed by atoms with van der Waals surface area (Å²) >= 11 is 3.41. The van der Waals surface area contributed by atoms with Crippen LogP contribution in [0.3, 0.4) is 0 Å². The number of ether oxygens (including phenoxy) is 1. The lowest BCUT2D eigenvalue weighted by Gasteiger charge is -2.21. The van der Waals surface area contributed by atoms with Crippen molar-refractivity contribution in [1.29, 1.82) is 0 Å². The smallest absolute Gasteiger partial charge is 0.323 e. The first-order valence-electron chi connectivity index (χ1n) is 6.41. The number of fused-ring (bicyclic) bond motifs is 1. The van der Waals surface area contributed by atoms with Crippen LogP contribution in [0.2, 0.25) is 0 Å². The highest BCUT2D eigenvalue weighted by Gasteiger charge is 2.23. The standard InChI is InChI=1S/C15H18BrNO3/c1-15(2,3)20-14(18)12(17)8-11-7-9-6-10(16)4-5-13(9)19-11/h4-7,12H,8,17H2,1-3H3. The molecule has 1 atom stereocenters. The van der Waals surface area contributed by atoms with Gasteiger partial charge in [-0.2, -0.15) is 0 Å². The molecule has 0 saturated carbocycles. The molecule has 0 aliphatic rings. The summed E-state index contributed by atoms with van der Waals surface area (Å²) in [6.07, 6.45) is 0.321. The van der Waals surface area contributed by atoms with Crippen LogP contribution in [0, 0.1) is 0 Å². The van der Waals surface area contributed by atoms with Crippen molar-refractivity contribution in [2.24, 2.45) is 5.73 Å². The molecule has 2 rings (SSSR count). The SMILES string of the molecule is CC(C)(C)OC(=O)C(N)Cc1cc2cc(Br)ccc2o1. The average Bonchev–Trinajstić information content (AvgIpc) is 2.67. The van der Waals surface area contributed by atoms with Crippen molar-refractivity contribution in [1.82, 2.24) is 0 Å². The van der Waals surface area contributed by atoms with Crippen LogP contribution in [0.5, 0.6) is 0 Å². The number of esters is 1. The van der Waals surface area contributed by atoms with Crippen LogP contribution in [0.15, 0.2) is 33.2 Å². The van der Waals surface area contributed by atoms with E-state index in [0.29, 0.717) is 12.2 Å². The Kier molecular flexibility index (Phi) is 4.20. The lowest BCUT2D eigenvalue weighted by Crippen LogP contribution is -2.38. The first-order valence-corrected chi connectivity index (χ1v) is 7.20. The highest BCUT2D eigenvalue weighted by atomic mass is 79.9. The summed E-state index contributed by atoms with van der Waals surface area (Å²) in [7, 11) is 0. The lowest BCUT2D eigenvalue weighted by atomic mass is 10.1. The maximum atomic E-state index is 11.8. The first-order chi connectivity index (χ1) is 9.24. The maximum Gasteiger partial charge on any atom is 0.323 e. The molecule has 0 aliphatic heterocycles. The van der Waals surface area contributed by atoms with Gasteiger partial charge in [0.1, 0.15) is 23.0 Å². The Balaban J connectivity index is 2.09. The molecular formula is C15H18BrNO3. The highest BCUT2D eigenvalue weighted by molar-refractivity contribution is 9.10. The van der Waals surface area contributed by atoms with Crippen molar-refractivity contribution in [3.05, 3.63) is 34.5 Å². The molecule has 4 nitrogen and oxygen atoms in total. The number of nitrogens with two attached hydrogens (primary N) is 1. The van der Waals surface area contributed by atoms with Crippen LogP contribution < -0.4 is 5.73 Å². The minimum absolute atomic E-state index is 0.321. The van der Waals surface area contributed by atoms with Gasteiger partial charge in [-0.15, -0.1) is 0 Å². The van der Waals surface area contributed by atoms with E-state index in [1.807, 2.05) is 45.0 Å². The monoisotopic (exact) mass is 339 g/mol. The predicted octanol–water partition coefficient (Wildman–Crippen LogP) is 3.41. The molecule has 2 aromatic rings. The van der Waals surface area contributed by atoms with Crippen molar-refractivity contribution in [3.63, 3.8) is 0 Å². The fourth-order valence-electron chi connectivity index (χ4n) is 1.85. The van der Waals surface area contributed by atoms with Gasteiger partial charge >= 0.3 is 5.97 Å². The molecule has 0 saturated heterocycles. The summed E-state index contributed by atoms with van der Waals surface area (Å²) in [6, 6.07) is 6.91. The molecule has 0 radical (unpaired) electrons. The number of halogens is 1. The van der Waals surface area contributed by atoms with Crippen molar-refractivity contribution in [2.45, 2.75) is 38.8 Å². The van der Waals surface area contributed by atoms with E-state index < -0.39 is 17.6 Å². The third kappa shape index (κ3) is 3.84. The minimum Gasteiger partial charge on any atom is -0.461 e. The molecule has 1 aromatic heterocycles. The number of furan rings is 1. The quantitative estimate of drug-likeness (QED) is 0.870. The van der Waals surface area contributed by atoms with Gasteiger partial charge in [-0.3, -0.25) is 4.79 Å². The topological polar surface area (TPSA) is 65.5 Å². The first kappa shape index (κ1) is 15.1. The second-order valence-electron chi connectivity index (χ2n) is 5.74. The summed E-state index contributed by atoms with van der Waals surface area (Å²) in [4.78, 5) is 11.8. The van der Waals surface area contributed by atoms with Gasteiger partial charge in [-0.25, -0.2) is 0 Å². The molecule has 5 heteroatoms. The molecular weight excluding hydrogens is 322 g/mol. The van der Waals surface area contributed by atoms with Crippen LogP contribution >= 0.6 is 15.9 Å². The molecule has 0 bridgehead atoms. The Bertz CT molecular complexity index is 628. The largest absolute Gasteiger partial charge is 0.461 e. The van der Waals surface area contributed by atoms with E-state index in [9.17, 15) is 4.79 Å². The average molecular weight is 340 g/mol. The van der Waals surface area contributed by atoms with E-state index in [1.54, 1.807) is 0 Å². The number of hydrogen-bond donors (Lipinski definition) is 1. The Morgan fingerprint density at radius 3 is 2.75 bits per heavy atom. The summed E-state index contributed by atoms with van der Waals surface area (Å²) in [5.74, 6) is 0.260. The summed E-state index contributed by atoms with van der Waals surface area (Å²) in [5.41, 5.74) is 6.11. The molecule has 1 heterocycles. The van der Waals surface area contributed by atoms with Crippen molar-refractivity contribution in [2.75, 3.05) is 0 Å². The van der Waals surface area contributed by atoms with E-state index in [2.05, 4.69) is 15.9 Å².